The second-order valence-corrected chi connectivity index (χ2v) is 8.08. The molecule has 1 heterocycles. The van der Waals surface area contributed by atoms with E-state index in [-0.39, 0.29) is 12.5 Å². The third kappa shape index (κ3) is 5.53. The van der Waals surface area contributed by atoms with Crippen molar-refractivity contribution in [3.8, 4) is 33.9 Å². The van der Waals surface area contributed by atoms with Crippen LogP contribution in [0.3, 0.4) is 0 Å². The molecule has 6 heteroatoms. The van der Waals surface area contributed by atoms with Gasteiger partial charge < -0.3 is 9.47 Å². The molecular weight excluding hydrogens is 420 g/mol. The van der Waals surface area contributed by atoms with Gasteiger partial charge in [0.25, 0.3) is 5.91 Å². The molecule has 4 aromatic rings. The molecular formula is C26H24N2O3S. The number of anilines is 1. The number of rotatable bonds is 8. The van der Waals surface area contributed by atoms with Crippen molar-refractivity contribution >= 4 is 22.4 Å². The number of carbonyl (C=O) groups is 1. The Labute approximate surface area is 191 Å². The van der Waals surface area contributed by atoms with Crippen LogP contribution < -0.4 is 14.8 Å². The Morgan fingerprint density at radius 1 is 0.844 bits per heavy atom. The summed E-state index contributed by atoms with van der Waals surface area (Å²) in [5.41, 5.74) is 5.25. The Bertz CT molecular complexity index is 1170. The highest BCUT2D eigenvalue weighted by Crippen LogP contribution is 2.27. The fourth-order valence-electron chi connectivity index (χ4n) is 3.15. The summed E-state index contributed by atoms with van der Waals surface area (Å²) in [6.07, 6.45) is 0. The Hall–Kier alpha value is -3.64. The molecule has 0 atom stereocenters. The maximum absolute atomic E-state index is 12.3. The number of nitrogens with one attached hydrogen (secondary N) is 1. The van der Waals surface area contributed by atoms with Gasteiger partial charge in [-0.2, -0.15) is 0 Å². The van der Waals surface area contributed by atoms with E-state index in [9.17, 15) is 4.79 Å². The molecule has 3 aromatic carbocycles. The first kappa shape index (κ1) is 21.6. The lowest BCUT2D eigenvalue weighted by atomic mass is 10.0. The average Bonchev–Trinajstić information content (AvgIpc) is 3.28. The molecule has 4 rings (SSSR count). The van der Waals surface area contributed by atoms with E-state index in [4.69, 9.17) is 9.47 Å². The number of aromatic nitrogens is 1. The molecule has 32 heavy (non-hydrogen) atoms. The molecule has 0 aliphatic carbocycles. The zero-order valence-electron chi connectivity index (χ0n) is 18.0. The molecule has 1 N–H and O–H groups in total. The molecule has 0 radical (unpaired) electrons. The second kappa shape index (κ2) is 10.1. The predicted octanol–water partition coefficient (Wildman–Crippen LogP) is 6.20. The molecule has 162 valence electrons. The lowest BCUT2D eigenvalue weighted by Gasteiger charge is -2.07. The van der Waals surface area contributed by atoms with Crippen molar-refractivity contribution < 1.29 is 14.3 Å². The van der Waals surface area contributed by atoms with Gasteiger partial charge in [0.2, 0.25) is 0 Å². The van der Waals surface area contributed by atoms with Gasteiger partial charge in [0.15, 0.2) is 11.7 Å². The minimum Gasteiger partial charge on any atom is -0.494 e. The number of nitrogens with zero attached hydrogens (tertiary/aromatic N) is 1. The van der Waals surface area contributed by atoms with Crippen LogP contribution in [-0.2, 0) is 4.79 Å². The Kier molecular flexibility index (Phi) is 6.82. The zero-order chi connectivity index (χ0) is 22.3. The normalized spacial score (nSPS) is 10.6. The minimum atomic E-state index is -0.250. The Morgan fingerprint density at radius 2 is 1.41 bits per heavy atom. The molecule has 0 bridgehead atoms. The first-order chi connectivity index (χ1) is 15.6. The van der Waals surface area contributed by atoms with Crippen molar-refractivity contribution in [3.05, 3.63) is 83.7 Å². The number of benzene rings is 3. The maximum Gasteiger partial charge on any atom is 0.264 e. The van der Waals surface area contributed by atoms with Crippen LogP contribution in [0.2, 0.25) is 0 Å². The van der Waals surface area contributed by atoms with Gasteiger partial charge in [-0.15, -0.1) is 11.3 Å². The molecule has 0 saturated carbocycles. The highest BCUT2D eigenvalue weighted by atomic mass is 32.1. The van der Waals surface area contributed by atoms with E-state index in [1.54, 1.807) is 0 Å². The van der Waals surface area contributed by atoms with Crippen molar-refractivity contribution in [2.24, 2.45) is 0 Å². The summed E-state index contributed by atoms with van der Waals surface area (Å²) in [7, 11) is 0. The third-order valence-corrected chi connectivity index (χ3v) is 5.58. The number of aryl methyl sites for hydroxylation is 1. The summed E-state index contributed by atoms with van der Waals surface area (Å²) < 4.78 is 11.1. The van der Waals surface area contributed by atoms with Gasteiger partial charge in [-0.25, -0.2) is 4.98 Å². The van der Waals surface area contributed by atoms with Crippen molar-refractivity contribution in [1.82, 2.24) is 4.98 Å². The first-order valence-electron chi connectivity index (χ1n) is 10.4. The van der Waals surface area contributed by atoms with Crippen LogP contribution in [0, 0.1) is 6.92 Å². The van der Waals surface area contributed by atoms with Crippen LogP contribution in [0.4, 0.5) is 5.13 Å². The molecule has 5 nitrogen and oxygen atoms in total. The largest absolute Gasteiger partial charge is 0.494 e. The van der Waals surface area contributed by atoms with Crippen LogP contribution in [-0.4, -0.2) is 24.1 Å². The lowest BCUT2D eigenvalue weighted by Crippen LogP contribution is -2.20. The number of carbonyl (C=O) groups excluding carboxylic acids is 1. The fourth-order valence-corrected chi connectivity index (χ4v) is 3.88. The maximum atomic E-state index is 12.3. The first-order valence-corrected chi connectivity index (χ1v) is 11.3. The molecule has 1 aromatic heterocycles. The average molecular weight is 445 g/mol. The van der Waals surface area contributed by atoms with E-state index < -0.39 is 0 Å². The summed E-state index contributed by atoms with van der Waals surface area (Å²) >= 11 is 1.38. The summed E-state index contributed by atoms with van der Waals surface area (Å²) in [5, 5.41) is 5.25. The van der Waals surface area contributed by atoms with Crippen molar-refractivity contribution in [3.63, 3.8) is 0 Å². The van der Waals surface area contributed by atoms with Crippen LogP contribution in [0.5, 0.6) is 11.5 Å². The number of ether oxygens (including phenoxy) is 2. The van der Waals surface area contributed by atoms with Crippen LogP contribution in [0.1, 0.15) is 12.5 Å². The van der Waals surface area contributed by atoms with Crippen LogP contribution in [0.25, 0.3) is 22.4 Å². The van der Waals surface area contributed by atoms with Crippen molar-refractivity contribution in [1.29, 1.82) is 0 Å². The number of hydrogen-bond acceptors (Lipinski definition) is 5. The summed E-state index contributed by atoms with van der Waals surface area (Å²) in [6.45, 7) is 4.57. The smallest absolute Gasteiger partial charge is 0.264 e. The molecule has 0 saturated heterocycles. The van der Waals surface area contributed by atoms with Crippen molar-refractivity contribution in [2.75, 3.05) is 18.5 Å². The molecule has 0 fully saturated rings. The highest BCUT2D eigenvalue weighted by Gasteiger charge is 2.09. The minimum absolute atomic E-state index is 0.0815. The van der Waals surface area contributed by atoms with Gasteiger partial charge >= 0.3 is 0 Å². The molecule has 1 amide bonds. The monoisotopic (exact) mass is 444 g/mol. The predicted molar refractivity (Wildman–Crippen MR) is 129 cm³/mol. The van der Waals surface area contributed by atoms with E-state index in [0.29, 0.717) is 17.5 Å². The van der Waals surface area contributed by atoms with E-state index >= 15 is 0 Å². The van der Waals surface area contributed by atoms with E-state index in [0.717, 1.165) is 28.1 Å². The van der Waals surface area contributed by atoms with Gasteiger partial charge in [0.1, 0.15) is 11.5 Å². The Morgan fingerprint density at radius 3 is 2.03 bits per heavy atom. The summed E-state index contributed by atoms with van der Waals surface area (Å²) in [4.78, 5) is 16.8. The summed E-state index contributed by atoms with van der Waals surface area (Å²) in [5.74, 6) is 1.22. The lowest BCUT2D eigenvalue weighted by molar-refractivity contribution is -0.118. The zero-order valence-corrected chi connectivity index (χ0v) is 18.8. The van der Waals surface area contributed by atoms with E-state index in [2.05, 4.69) is 41.5 Å². The standard InChI is InChI=1S/C26H24N2O3S/c1-3-30-22-14-10-21(11-15-22)24-17-32-26(27-24)28-25(29)16-31-23-12-8-20(9-13-23)19-6-4-18(2)5-7-19/h4-15,17H,3,16H2,1-2H3,(H,27,28,29). The van der Waals surface area contributed by atoms with Crippen LogP contribution in [0.15, 0.2) is 78.2 Å². The van der Waals surface area contributed by atoms with Gasteiger partial charge in [-0.1, -0.05) is 42.0 Å². The SMILES string of the molecule is CCOc1ccc(-c2csc(NC(=O)COc3ccc(-c4ccc(C)cc4)cc3)n2)cc1. The summed E-state index contributed by atoms with van der Waals surface area (Å²) in [6, 6.07) is 23.8. The number of thiazole rings is 1. The van der Waals surface area contributed by atoms with Crippen molar-refractivity contribution in [2.45, 2.75) is 13.8 Å². The van der Waals surface area contributed by atoms with E-state index in [1.165, 1.54) is 16.9 Å². The topological polar surface area (TPSA) is 60.5 Å². The third-order valence-electron chi connectivity index (χ3n) is 4.82. The molecule has 0 aliphatic heterocycles. The second-order valence-electron chi connectivity index (χ2n) is 7.22. The quantitative estimate of drug-likeness (QED) is 0.351. The van der Waals surface area contributed by atoms with Crippen LogP contribution >= 0.6 is 11.3 Å². The number of amides is 1. The fraction of sp³-hybridized carbons (Fsp3) is 0.154. The Balaban J connectivity index is 1.30. The molecule has 0 unspecified atom stereocenters. The van der Waals surface area contributed by atoms with Gasteiger partial charge in [0, 0.05) is 10.9 Å². The number of hydrogen-bond donors (Lipinski definition) is 1. The molecule has 0 spiro atoms. The molecule has 0 aliphatic rings. The highest BCUT2D eigenvalue weighted by molar-refractivity contribution is 7.14. The van der Waals surface area contributed by atoms with Gasteiger partial charge in [0.05, 0.1) is 12.3 Å². The van der Waals surface area contributed by atoms with E-state index in [1.807, 2.05) is 60.8 Å². The van der Waals surface area contributed by atoms with Gasteiger partial charge in [-0.3, -0.25) is 10.1 Å². The van der Waals surface area contributed by atoms with Gasteiger partial charge in [-0.05, 0) is 61.4 Å².